The molecule has 0 aromatic heterocycles. The van der Waals surface area contributed by atoms with Crippen LogP contribution in [0, 0.1) is 0 Å². The molecule has 1 aliphatic heterocycles. The highest BCUT2D eigenvalue weighted by atomic mass is 35.5. The van der Waals surface area contributed by atoms with Crippen molar-refractivity contribution in [1.29, 1.82) is 0 Å². The van der Waals surface area contributed by atoms with E-state index in [0.29, 0.717) is 14.2 Å². The quantitative estimate of drug-likeness (QED) is 0.555. The molecule has 0 unspecified atom stereocenters. The molecule has 1 heterocycles. The fourth-order valence-electron chi connectivity index (χ4n) is 2.44. The topological polar surface area (TPSA) is 40.6 Å². The highest BCUT2D eigenvalue weighted by Crippen LogP contribution is 2.33. The molecule has 1 fully saturated rings. The van der Waals surface area contributed by atoms with Crippen LogP contribution in [-0.4, -0.2) is 27.7 Å². The van der Waals surface area contributed by atoms with Gasteiger partial charge >= 0.3 is 0 Å². The molecule has 7 heteroatoms. The summed E-state index contributed by atoms with van der Waals surface area (Å²) in [4.78, 5) is 28.3. The number of carbonyl (C=O) groups excluding carboxylic acids is 2. The van der Waals surface area contributed by atoms with Crippen LogP contribution in [-0.2, 0) is 9.59 Å². The zero-order valence-electron chi connectivity index (χ0n) is 13.9. The first-order valence-electron chi connectivity index (χ1n) is 7.80. The Balaban J connectivity index is 1.82. The van der Waals surface area contributed by atoms with Gasteiger partial charge in [-0.3, -0.25) is 19.4 Å². The third kappa shape index (κ3) is 4.15. The Morgan fingerprint density at radius 3 is 2.46 bits per heavy atom. The predicted molar refractivity (Wildman–Crippen MR) is 111 cm³/mol. The minimum Gasteiger partial charge on any atom is -0.294 e. The molecular formula is C19H15ClN2O2S2. The summed E-state index contributed by atoms with van der Waals surface area (Å²) in [6, 6.07) is 16.4. The molecule has 0 N–H and O–H groups in total. The largest absolute Gasteiger partial charge is 0.294 e. The van der Waals surface area contributed by atoms with Crippen LogP contribution in [0.15, 0.2) is 59.5 Å². The van der Waals surface area contributed by atoms with E-state index in [9.17, 15) is 9.59 Å². The molecule has 2 aromatic rings. The molecule has 0 spiro atoms. The van der Waals surface area contributed by atoms with Crippen LogP contribution < -0.4 is 4.90 Å². The lowest BCUT2D eigenvalue weighted by atomic mass is 10.2. The number of amides is 2. The molecule has 2 amide bonds. The number of anilines is 1. The number of halogens is 1. The van der Waals surface area contributed by atoms with Gasteiger partial charge in [0.2, 0.25) is 5.91 Å². The maximum absolute atomic E-state index is 12.8. The van der Waals surface area contributed by atoms with Gasteiger partial charge in [0.25, 0.3) is 5.91 Å². The summed E-state index contributed by atoms with van der Waals surface area (Å²) in [6.45, 7) is 1.55. The number of rotatable bonds is 4. The van der Waals surface area contributed by atoms with E-state index in [1.54, 1.807) is 18.2 Å². The predicted octanol–water partition coefficient (Wildman–Crippen LogP) is 4.55. The van der Waals surface area contributed by atoms with E-state index in [0.717, 1.165) is 11.3 Å². The molecule has 0 radical (unpaired) electrons. The van der Waals surface area contributed by atoms with Crippen molar-refractivity contribution < 1.29 is 9.59 Å². The Hall–Kier alpha value is -2.15. The number of hydrogen-bond donors (Lipinski definition) is 0. The summed E-state index contributed by atoms with van der Waals surface area (Å²) in [5.74, 6) is -0.371. The molecule has 0 bridgehead atoms. The van der Waals surface area contributed by atoms with Gasteiger partial charge in [0.15, 0.2) is 0 Å². The van der Waals surface area contributed by atoms with Crippen molar-refractivity contribution in [1.82, 2.24) is 4.90 Å². The Morgan fingerprint density at radius 2 is 1.85 bits per heavy atom. The summed E-state index contributed by atoms with van der Waals surface area (Å²) >= 11 is 12.5. The molecule has 1 saturated heterocycles. The second kappa shape index (κ2) is 8.03. The highest BCUT2D eigenvalue weighted by Gasteiger charge is 2.34. The second-order valence-corrected chi connectivity index (χ2v) is 7.70. The van der Waals surface area contributed by atoms with Gasteiger partial charge in [-0.15, -0.1) is 0 Å². The third-order valence-electron chi connectivity index (χ3n) is 3.77. The Kier molecular flexibility index (Phi) is 5.76. The van der Waals surface area contributed by atoms with Crippen LogP contribution in [0.5, 0.6) is 0 Å². The number of thioether (sulfide) groups is 1. The summed E-state index contributed by atoms with van der Waals surface area (Å²) in [5.41, 5.74) is 1.58. The monoisotopic (exact) mass is 402 g/mol. The van der Waals surface area contributed by atoms with Crippen LogP contribution in [0.1, 0.15) is 12.5 Å². The molecule has 2 aromatic carbocycles. The first kappa shape index (κ1) is 18.6. The number of para-hydroxylation sites is 1. The van der Waals surface area contributed by atoms with E-state index in [2.05, 4.69) is 0 Å². The van der Waals surface area contributed by atoms with Crippen molar-refractivity contribution >= 4 is 63.5 Å². The minimum atomic E-state index is -0.211. The second-order valence-electron chi connectivity index (χ2n) is 5.59. The maximum Gasteiger partial charge on any atom is 0.267 e. The molecule has 4 nitrogen and oxygen atoms in total. The van der Waals surface area contributed by atoms with Crippen molar-refractivity contribution in [2.24, 2.45) is 0 Å². The lowest BCUT2D eigenvalue weighted by Crippen LogP contribution is -2.42. The number of nitrogens with zero attached hydrogens (tertiary/aromatic N) is 2. The smallest absolute Gasteiger partial charge is 0.267 e. The Labute approximate surface area is 166 Å². The van der Waals surface area contributed by atoms with Crippen LogP contribution in [0.25, 0.3) is 6.08 Å². The van der Waals surface area contributed by atoms with Gasteiger partial charge in [0.05, 0.1) is 4.91 Å². The van der Waals surface area contributed by atoms with Gasteiger partial charge in [-0.2, -0.15) is 0 Å². The average Bonchev–Trinajstić information content (AvgIpc) is 2.89. The maximum atomic E-state index is 12.8. The van der Waals surface area contributed by atoms with Gasteiger partial charge in [0, 0.05) is 17.6 Å². The van der Waals surface area contributed by atoms with Crippen molar-refractivity contribution in [2.75, 3.05) is 11.6 Å². The minimum absolute atomic E-state index is 0.0853. The van der Waals surface area contributed by atoms with E-state index in [-0.39, 0.29) is 18.5 Å². The lowest BCUT2D eigenvalue weighted by Gasteiger charge is -2.26. The molecular weight excluding hydrogens is 388 g/mol. The van der Waals surface area contributed by atoms with Crippen molar-refractivity contribution in [2.45, 2.75) is 6.92 Å². The fraction of sp³-hybridized carbons (Fsp3) is 0.105. The summed E-state index contributed by atoms with van der Waals surface area (Å²) in [5, 5.41) is 0.634. The molecule has 0 saturated carbocycles. The number of benzene rings is 2. The zero-order valence-corrected chi connectivity index (χ0v) is 16.3. The summed E-state index contributed by atoms with van der Waals surface area (Å²) in [6.07, 6.45) is 1.77. The summed E-state index contributed by atoms with van der Waals surface area (Å²) < 4.78 is 0.428. The van der Waals surface area contributed by atoms with Gasteiger partial charge in [-0.05, 0) is 35.9 Å². The van der Waals surface area contributed by atoms with E-state index >= 15 is 0 Å². The third-order valence-corrected chi connectivity index (χ3v) is 5.40. The van der Waals surface area contributed by atoms with Crippen LogP contribution in [0.4, 0.5) is 5.69 Å². The fourth-order valence-corrected chi connectivity index (χ4v) is 3.81. The Bertz CT molecular complexity index is 882. The van der Waals surface area contributed by atoms with E-state index in [1.807, 2.05) is 42.5 Å². The molecule has 26 heavy (non-hydrogen) atoms. The van der Waals surface area contributed by atoms with Crippen LogP contribution in [0.2, 0.25) is 5.02 Å². The molecule has 0 atom stereocenters. The number of hydrogen-bond acceptors (Lipinski definition) is 4. The van der Waals surface area contributed by atoms with Gasteiger partial charge in [-0.1, -0.05) is 65.9 Å². The molecule has 1 aliphatic rings. The van der Waals surface area contributed by atoms with Gasteiger partial charge in [-0.25, -0.2) is 0 Å². The molecule has 0 aliphatic carbocycles. The van der Waals surface area contributed by atoms with Crippen molar-refractivity contribution in [3.8, 4) is 0 Å². The van der Waals surface area contributed by atoms with E-state index < -0.39 is 0 Å². The SMILES string of the molecule is CC(=O)N(CN1C(=O)C(=Cc2ccc(Cl)cc2)SC1=S)c1ccccc1. The van der Waals surface area contributed by atoms with Crippen molar-refractivity contribution in [3.05, 3.63) is 70.1 Å². The standard InChI is InChI=1S/C19H15ClN2O2S2/c1-13(23)21(16-5-3-2-4-6-16)12-22-18(24)17(26-19(22)25)11-14-7-9-15(20)10-8-14/h2-11H,12H2,1H3. The Morgan fingerprint density at radius 1 is 1.19 bits per heavy atom. The van der Waals surface area contributed by atoms with Gasteiger partial charge < -0.3 is 0 Å². The van der Waals surface area contributed by atoms with Crippen LogP contribution >= 0.6 is 35.6 Å². The van der Waals surface area contributed by atoms with E-state index in [1.165, 1.54) is 28.5 Å². The highest BCUT2D eigenvalue weighted by molar-refractivity contribution is 8.26. The molecule has 132 valence electrons. The lowest BCUT2D eigenvalue weighted by molar-refractivity contribution is -0.122. The van der Waals surface area contributed by atoms with Crippen LogP contribution in [0.3, 0.4) is 0 Å². The first-order valence-corrected chi connectivity index (χ1v) is 9.40. The van der Waals surface area contributed by atoms with E-state index in [4.69, 9.17) is 23.8 Å². The van der Waals surface area contributed by atoms with Crippen molar-refractivity contribution in [3.63, 3.8) is 0 Å². The number of thiocarbonyl (C=S) groups is 1. The zero-order chi connectivity index (χ0) is 18.7. The normalized spacial score (nSPS) is 15.6. The summed E-state index contributed by atoms with van der Waals surface area (Å²) in [7, 11) is 0. The number of carbonyl (C=O) groups is 2. The molecule has 3 rings (SSSR count). The average molecular weight is 403 g/mol. The first-order chi connectivity index (χ1) is 12.5. The van der Waals surface area contributed by atoms with Gasteiger partial charge in [0.1, 0.15) is 11.0 Å².